The van der Waals surface area contributed by atoms with Crippen molar-refractivity contribution in [3.8, 4) is 5.75 Å². The molecular weight excluding hydrogens is 410 g/mol. The van der Waals surface area contributed by atoms with Crippen LogP contribution in [-0.4, -0.2) is 28.8 Å². The van der Waals surface area contributed by atoms with Gasteiger partial charge in [-0.2, -0.15) is 0 Å². The fourth-order valence-corrected chi connectivity index (χ4v) is 4.99. The molecule has 0 fully saturated rings. The molecule has 154 valence electrons. The second-order valence-electron chi connectivity index (χ2n) is 7.28. The van der Waals surface area contributed by atoms with E-state index in [1.807, 2.05) is 18.2 Å². The van der Waals surface area contributed by atoms with Gasteiger partial charge in [0.25, 0.3) is 0 Å². The first-order valence-corrected chi connectivity index (χ1v) is 10.7. The zero-order valence-electron chi connectivity index (χ0n) is 16.8. The number of methoxy groups -OCH3 is 1. The third-order valence-electron chi connectivity index (χ3n) is 5.49. The monoisotopic (exact) mass is 429 g/mol. The molecule has 0 bridgehead atoms. The van der Waals surface area contributed by atoms with Crippen LogP contribution in [0, 0.1) is 0 Å². The van der Waals surface area contributed by atoms with E-state index in [2.05, 4.69) is 21.5 Å². The normalized spacial score (nSPS) is 14.0. The molecule has 1 aliphatic rings. The van der Waals surface area contributed by atoms with E-state index < -0.39 is 0 Å². The number of fused-ring (bicyclic) bond motifs is 2. The SMILES string of the molecule is COc1ccc(C(=O)c2sc3cnccc3c2Nc2ccc3c(c2)CC/C3=N/O)cc1. The number of carbonyl (C=O) groups is 1. The van der Waals surface area contributed by atoms with Gasteiger partial charge in [-0.3, -0.25) is 9.78 Å². The van der Waals surface area contributed by atoms with Crippen LogP contribution in [0.4, 0.5) is 11.4 Å². The second-order valence-corrected chi connectivity index (χ2v) is 8.33. The van der Waals surface area contributed by atoms with Gasteiger partial charge in [0.1, 0.15) is 5.75 Å². The highest BCUT2D eigenvalue weighted by molar-refractivity contribution is 7.21. The third-order valence-corrected chi connectivity index (χ3v) is 6.63. The van der Waals surface area contributed by atoms with Gasteiger partial charge in [-0.25, -0.2) is 0 Å². The summed E-state index contributed by atoms with van der Waals surface area (Å²) in [6.45, 7) is 0. The molecule has 5 rings (SSSR count). The number of pyridine rings is 1. The number of hydrogen-bond donors (Lipinski definition) is 2. The molecule has 2 heterocycles. The lowest BCUT2D eigenvalue weighted by Gasteiger charge is -2.10. The summed E-state index contributed by atoms with van der Waals surface area (Å²) in [5, 5.41) is 17.0. The van der Waals surface area contributed by atoms with Gasteiger partial charge in [0.2, 0.25) is 5.78 Å². The summed E-state index contributed by atoms with van der Waals surface area (Å²) >= 11 is 1.43. The molecular formula is C24H19N3O3S. The number of nitrogens with zero attached hydrogens (tertiary/aromatic N) is 2. The Labute approximate surface area is 182 Å². The zero-order chi connectivity index (χ0) is 21.4. The van der Waals surface area contributed by atoms with Crippen molar-refractivity contribution in [3.63, 3.8) is 0 Å². The third kappa shape index (κ3) is 3.43. The van der Waals surface area contributed by atoms with E-state index >= 15 is 0 Å². The lowest BCUT2D eigenvalue weighted by molar-refractivity contribution is 0.104. The minimum atomic E-state index is -0.0535. The number of thiophene rings is 1. The molecule has 0 saturated heterocycles. The van der Waals surface area contributed by atoms with E-state index in [0.29, 0.717) is 21.9 Å². The number of oxime groups is 1. The van der Waals surface area contributed by atoms with E-state index in [4.69, 9.17) is 9.94 Å². The van der Waals surface area contributed by atoms with Gasteiger partial charge in [-0.05, 0) is 60.9 Å². The number of hydrogen-bond acceptors (Lipinski definition) is 7. The highest BCUT2D eigenvalue weighted by Gasteiger charge is 2.22. The number of nitrogens with one attached hydrogen (secondary N) is 1. The Morgan fingerprint density at radius 1 is 1.16 bits per heavy atom. The number of rotatable bonds is 5. The number of anilines is 2. The van der Waals surface area contributed by atoms with Crippen molar-refractivity contribution in [1.82, 2.24) is 4.98 Å². The van der Waals surface area contributed by atoms with Crippen molar-refractivity contribution in [3.05, 3.63) is 82.5 Å². The predicted octanol–water partition coefficient (Wildman–Crippen LogP) is 5.40. The summed E-state index contributed by atoms with van der Waals surface area (Å²) < 4.78 is 6.15. The van der Waals surface area contributed by atoms with E-state index in [1.54, 1.807) is 43.8 Å². The van der Waals surface area contributed by atoms with Crippen LogP contribution in [0.15, 0.2) is 66.1 Å². The number of benzene rings is 2. The lowest BCUT2D eigenvalue weighted by atomic mass is 10.1. The van der Waals surface area contributed by atoms with Crippen LogP contribution in [-0.2, 0) is 6.42 Å². The Kier molecular flexibility index (Phi) is 4.88. The van der Waals surface area contributed by atoms with Crippen LogP contribution in [0.1, 0.15) is 32.8 Å². The summed E-state index contributed by atoms with van der Waals surface area (Å²) in [5.41, 5.74) is 5.07. The molecule has 0 aliphatic heterocycles. The van der Waals surface area contributed by atoms with Crippen molar-refractivity contribution >= 4 is 44.3 Å². The Balaban J connectivity index is 1.56. The molecule has 2 aromatic heterocycles. The average Bonchev–Trinajstić information content (AvgIpc) is 3.40. The van der Waals surface area contributed by atoms with Gasteiger partial charge in [-0.1, -0.05) is 11.2 Å². The van der Waals surface area contributed by atoms with Gasteiger partial charge in [-0.15, -0.1) is 11.3 Å². The first kappa shape index (κ1) is 19.3. The molecule has 0 unspecified atom stereocenters. The van der Waals surface area contributed by atoms with Gasteiger partial charge < -0.3 is 15.3 Å². The first-order chi connectivity index (χ1) is 15.2. The van der Waals surface area contributed by atoms with Gasteiger partial charge >= 0.3 is 0 Å². The van der Waals surface area contributed by atoms with Crippen molar-refractivity contribution in [2.75, 3.05) is 12.4 Å². The van der Waals surface area contributed by atoms with Crippen molar-refractivity contribution in [2.24, 2.45) is 5.16 Å². The van der Waals surface area contributed by atoms with Crippen LogP contribution in [0.25, 0.3) is 10.1 Å². The molecule has 0 spiro atoms. The number of ketones is 1. The smallest absolute Gasteiger partial charge is 0.205 e. The molecule has 2 N–H and O–H groups in total. The quantitative estimate of drug-likeness (QED) is 0.252. The molecule has 31 heavy (non-hydrogen) atoms. The summed E-state index contributed by atoms with van der Waals surface area (Å²) in [6.07, 6.45) is 5.07. The minimum Gasteiger partial charge on any atom is -0.497 e. The number of carbonyl (C=O) groups excluding carboxylic acids is 1. The summed E-state index contributed by atoms with van der Waals surface area (Å²) in [5.74, 6) is 0.654. The molecule has 4 aromatic rings. The fourth-order valence-electron chi connectivity index (χ4n) is 3.90. The van der Waals surface area contributed by atoms with Gasteiger partial charge in [0.15, 0.2) is 0 Å². The molecule has 2 aromatic carbocycles. The van der Waals surface area contributed by atoms with Crippen LogP contribution < -0.4 is 10.1 Å². The largest absolute Gasteiger partial charge is 0.497 e. The van der Waals surface area contributed by atoms with E-state index in [9.17, 15) is 4.79 Å². The van der Waals surface area contributed by atoms with Crippen LogP contribution in [0.3, 0.4) is 0 Å². The Hall–Kier alpha value is -3.71. The Morgan fingerprint density at radius 3 is 2.77 bits per heavy atom. The number of aromatic nitrogens is 1. The van der Waals surface area contributed by atoms with Crippen LogP contribution in [0.5, 0.6) is 5.75 Å². The molecule has 0 saturated carbocycles. The molecule has 0 atom stereocenters. The van der Waals surface area contributed by atoms with Gasteiger partial charge in [0.05, 0.1) is 28.1 Å². The van der Waals surface area contributed by atoms with Gasteiger partial charge in [0, 0.05) is 34.6 Å². The highest BCUT2D eigenvalue weighted by Crippen LogP contribution is 2.39. The molecule has 0 amide bonds. The van der Waals surface area contributed by atoms with E-state index in [1.165, 1.54) is 11.3 Å². The van der Waals surface area contributed by atoms with Crippen LogP contribution in [0.2, 0.25) is 0 Å². The summed E-state index contributed by atoms with van der Waals surface area (Å²) in [7, 11) is 1.60. The lowest BCUT2D eigenvalue weighted by Crippen LogP contribution is -2.03. The second kappa shape index (κ2) is 7.85. The topological polar surface area (TPSA) is 83.8 Å². The Morgan fingerprint density at radius 2 is 2.00 bits per heavy atom. The van der Waals surface area contributed by atoms with E-state index in [0.717, 1.165) is 45.4 Å². The maximum absolute atomic E-state index is 13.4. The fraction of sp³-hybridized carbons (Fsp3) is 0.125. The van der Waals surface area contributed by atoms with Crippen molar-refractivity contribution in [1.29, 1.82) is 0 Å². The van der Waals surface area contributed by atoms with E-state index in [-0.39, 0.29) is 5.78 Å². The Bertz CT molecular complexity index is 1330. The maximum Gasteiger partial charge on any atom is 0.205 e. The molecule has 7 heteroatoms. The standard InChI is InChI=1S/C24H19N3O3S/c1-30-17-6-2-14(3-7-17)23(28)24-22(19-10-11-25-13-21(19)31-24)26-16-5-8-18-15(12-16)4-9-20(18)27-29/h2-3,5-8,10-13,26,29H,4,9H2,1H3/b27-20-. The van der Waals surface area contributed by atoms with Crippen LogP contribution >= 0.6 is 11.3 Å². The average molecular weight is 430 g/mol. The zero-order valence-corrected chi connectivity index (χ0v) is 17.6. The molecule has 1 aliphatic carbocycles. The number of aryl methyl sites for hydroxylation is 1. The maximum atomic E-state index is 13.4. The first-order valence-electron chi connectivity index (χ1n) is 9.84. The molecule has 0 radical (unpaired) electrons. The van der Waals surface area contributed by atoms with Crippen molar-refractivity contribution in [2.45, 2.75) is 12.8 Å². The highest BCUT2D eigenvalue weighted by atomic mass is 32.1. The predicted molar refractivity (Wildman–Crippen MR) is 122 cm³/mol. The summed E-state index contributed by atoms with van der Waals surface area (Å²) in [6, 6.07) is 15.0. The number of ether oxygens (including phenoxy) is 1. The summed E-state index contributed by atoms with van der Waals surface area (Å²) in [4.78, 5) is 18.2. The minimum absolute atomic E-state index is 0.0535. The van der Waals surface area contributed by atoms with Crippen molar-refractivity contribution < 1.29 is 14.7 Å². The molecule has 6 nitrogen and oxygen atoms in total.